The molecule has 0 spiro atoms. The second-order valence-electron chi connectivity index (χ2n) is 3.99. The summed E-state index contributed by atoms with van der Waals surface area (Å²) in [5, 5.41) is 13.9. The molecule has 0 aliphatic heterocycles. The van der Waals surface area contributed by atoms with E-state index >= 15 is 0 Å². The molecule has 1 aromatic carbocycles. The molecule has 0 saturated heterocycles. The fourth-order valence-electron chi connectivity index (χ4n) is 1.70. The van der Waals surface area contributed by atoms with Crippen LogP contribution >= 0.6 is 0 Å². The summed E-state index contributed by atoms with van der Waals surface area (Å²) in [7, 11) is 0. The van der Waals surface area contributed by atoms with E-state index in [1.54, 1.807) is 24.5 Å². The van der Waals surface area contributed by atoms with E-state index in [2.05, 4.69) is 15.3 Å². The molecule has 0 saturated carbocycles. The first-order chi connectivity index (χ1) is 8.66. The molecule has 94 valence electrons. The Balaban J connectivity index is 2.03. The largest absolute Gasteiger partial charge is 0.379 e. The summed E-state index contributed by atoms with van der Waals surface area (Å²) in [6, 6.07) is 5.03. The van der Waals surface area contributed by atoms with E-state index in [1.807, 2.05) is 6.92 Å². The maximum absolute atomic E-state index is 10.9. The molecule has 0 amide bonds. The van der Waals surface area contributed by atoms with Crippen molar-refractivity contribution in [2.45, 2.75) is 13.3 Å². The van der Waals surface area contributed by atoms with Gasteiger partial charge >= 0.3 is 0 Å². The maximum Gasteiger partial charge on any atom is 0.292 e. The van der Waals surface area contributed by atoms with Gasteiger partial charge < -0.3 is 10.3 Å². The van der Waals surface area contributed by atoms with Crippen molar-refractivity contribution in [2.75, 3.05) is 11.9 Å². The minimum absolute atomic E-state index is 0.0973. The molecule has 0 atom stereocenters. The summed E-state index contributed by atoms with van der Waals surface area (Å²) in [6.07, 6.45) is 4.13. The van der Waals surface area contributed by atoms with Crippen molar-refractivity contribution in [3.8, 4) is 0 Å². The number of rotatable bonds is 5. The highest BCUT2D eigenvalue weighted by atomic mass is 16.6. The Morgan fingerprint density at radius 1 is 1.50 bits per heavy atom. The Hall–Kier alpha value is -2.37. The SMILES string of the molecule is Cc1ccc([N+](=O)[O-])c(NCCc2ncc[nH]2)c1. The molecule has 1 heterocycles. The first-order valence-corrected chi connectivity index (χ1v) is 5.64. The lowest BCUT2D eigenvalue weighted by Crippen LogP contribution is -2.08. The number of nitro groups is 1. The van der Waals surface area contributed by atoms with Crippen LogP contribution in [0.5, 0.6) is 0 Å². The molecule has 0 aliphatic carbocycles. The zero-order valence-electron chi connectivity index (χ0n) is 10.0. The van der Waals surface area contributed by atoms with Crippen LogP contribution in [0.4, 0.5) is 11.4 Å². The fourth-order valence-corrected chi connectivity index (χ4v) is 1.70. The minimum Gasteiger partial charge on any atom is -0.379 e. The Kier molecular flexibility index (Phi) is 3.57. The maximum atomic E-state index is 10.9. The fraction of sp³-hybridized carbons (Fsp3) is 0.250. The molecule has 1 aromatic heterocycles. The molecule has 0 unspecified atom stereocenters. The number of nitro benzene ring substituents is 1. The third-order valence-electron chi connectivity index (χ3n) is 2.58. The lowest BCUT2D eigenvalue weighted by Gasteiger charge is -2.07. The van der Waals surface area contributed by atoms with E-state index in [9.17, 15) is 10.1 Å². The first-order valence-electron chi connectivity index (χ1n) is 5.64. The zero-order valence-corrected chi connectivity index (χ0v) is 10.0. The third kappa shape index (κ3) is 2.85. The van der Waals surface area contributed by atoms with Crippen LogP contribution in [0.2, 0.25) is 0 Å². The number of anilines is 1. The predicted molar refractivity (Wildman–Crippen MR) is 68.6 cm³/mol. The van der Waals surface area contributed by atoms with Gasteiger partial charge in [0.2, 0.25) is 0 Å². The van der Waals surface area contributed by atoms with E-state index in [4.69, 9.17) is 0 Å². The number of benzene rings is 1. The quantitative estimate of drug-likeness (QED) is 0.626. The molecule has 6 heteroatoms. The molecular formula is C12H14N4O2. The van der Waals surface area contributed by atoms with Gasteiger partial charge in [0.25, 0.3) is 5.69 Å². The summed E-state index contributed by atoms with van der Waals surface area (Å²) in [5.41, 5.74) is 1.63. The third-order valence-corrected chi connectivity index (χ3v) is 2.58. The van der Waals surface area contributed by atoms with Crippen LogP contribution in [0.25, 0.3) is 0 Å². The number of aryl methyl sites for hydroxylation is 1. The van der Waals surface area contributed by atoms with Gasteiger partial charge in [0.15, 0.2) is 0 Å². The summed E-state index contributed by atoms with van der Waals surface area (Å²) < 4.78 is 0. The smallest absolute Gasteiger partial charge is 0.292 e. The van der Waals surface area contributed by atoms with Crippen LogP contribution < -0.4 is 5.32 Å². The minimum atomic E-state index is -0.380. The van der Waals surface area contributed by atoms with Gasteiger partial charge in [-0.15, -0.1) is 0 Å². The zero-order chi connectivity index (χ0) is 13.0. The number of nitrogens with one attached hydrogen (secondary N) is 2. The molecule has 2 N–H and O–H groups in total. The average Bonchev–Trinajstić information content (AvgIpc) is 2.82. The van der Waals surface area contributed by atoms with Crippen molar-refractivity contribution in [2.24, 2.45) is 0 Å². The van der Waals surface area contributed by atoms with Gasteiger partial charge in [-0.05, 0) is 18.6 Å². The summed E-state index contributed by atoms with van der Waals surface area (Å²) in [6.45, 7) is 2.50. The number of H-pyrrole nitrogens is 1. The lowest BCUT2D eigenvalue weighted by molar-refractivity contribution is -0.384. The molecule has 0 aliphatic rings. The van der Waals surface area contributed by atoms with E-state index in [0.29, 0.717) is 18.7 Å². The molecule has 18 heavy (non-hydrogen) atoms. The highest BCUT2D eigenvalue weighted by Gasteiger charge is 2.12. The van der Waals surface area contributed by atoms with Gasteiger partial charge in [0, 0.05) is 31.4 Å². The van der Waals surface area contributed by atoms with Crippen LogP contribution in [-0.4, -0.2) is 21.4 Å². The molecule has 0 bridgehead atoms. The van der Waals surface area contributed by atoms with Gasteiger partial charge in [-0.3, -0.25) is 10.1 Å². The Labute approximate surface area is 104 Å². The van der Waals surface area contributed by atoms with E-state index < -0.39 is 0 Å². The summed E-state index contributed by atoms with van der Waals surface area (Å²) in [4.78, 5) is 17.6. The van der Waals surface area contributed by atoms with Gasteiger partial charge in [0.1, 0.15) is 11.5 Å². The Morgan fingerprint density at radius 2 is 2.33 bits per heavy atom. The van der Waals surface area contributed by atoms with Gasteiger partial charge in [0.05, 0.1) is 4.92 Å². The molecule has 2 rings (SSSR count). The number of nitrogens with zero attached hydrogens (tertiary/aromatic N) is 2. The van der Waals surface area contributed by atoms with E-state index in [1.165, 1.54) is 6.07 Å². The van der Waals surface area contributed by atoms with Crippen molar-refractivity contribution in [3.05, 3.63) is 52.1 Å². The Bertz CT molecular complexity index is 537. The van der Waals surface area contributed by atoms with Gasteiger partial charge in [-0.25, -0.2) is 4.98 Å². The number of hydrogen-bond donors (Lipinski definition) is 2. The monoisotopic (exact) mass is 246 g/mol. The molecule has 0 fully saturated rings. The lowest BCUT2D eigenvalue weighted by atomic mass is 10.2. The number of aromatic nitrogens is 2. The van der Waals surface area contributed by atoms with Crippen molar-refractivity contribution in [1.29, 1.82) is 0 Å². The first kappa shape index (κ1) is 12.1. The normalized spacial score (nSPS) is 10.3. The highest BCUT2D eigenvalue weighted by molar-refractivity contribution is 5.62. The molecule has 6 nitrogen and oxygen atoms in total. The van der Waals surface area contributed by atoms with Crippen molar-refractivity contribution >= 4 is 11.4 Å². The van der Waals surface area contributed by atoms with E-state index in [-0.39, 0.29) is 10.6 Å². The van der Waals surface area contributed by atoms with Crippen LogP contribution in [0.3, 0.4) is 0 Å². The van der Waals surface area contributed by atoms with Crippen molar-refractivity contribution in [1.82, 2.24) is 9.97 Å². The number of aromatic amines is 1. The van der Waals surface area contributed by atoms with E-state index in [0.717, 1.165) is 11.4 Å². The van der Waals surface area contributed by atoms with Crippen LogP contribution in [0.1, 0.15) is 11.4 Å². The summed E-state index contributed by atoms with van der Waals surface area (Å²) >= 11 is 0. The van der Waals surface area contributed by atoms with Crippen LogP contribution in [-0.2, 0) is 6.42 Å². The Morgan fingerprint density at radius 3 is 3.00 bits per heavy atom. The summed E-state index contributed by atoms with van der Waals surface area (Å²) in [5.74, 6) is 0.859. The second-order valence-corrected chi connectivity index (χ2v) is 3.99. The number of imidazole rings is 1. The van der Waals surface area contributed by atoms with Gasteiger partial charge in [-0.2, -0.15) is 0 Å². The topological polar surface area (TPSA) is 83.8 Å². The molecular weight excluding hydrogens is 232 g/mol. The molecule has 2 aromatic rings. The number of hydrogen-bond acceptors (Lipinski definition) is 4. The van der Waals surface area contributed by atoms with Crippen molar-refractivity contribution in [3.63, 3.8) is 0 Å². The predicted octanol–water partition coefficient (Wildman–Crippen LogP) is 2.28. The average molecular weight is 246 g/mol. The van der Waals surface area contributed by atoms with Crippen molar-refractivity contribution < 1.29 is 4.92 Å². The van der Waals surface area contributed by atoms with Crippen LogP contribution in [0.15, 0.2) is 30.6 Å². The molecule has 0 radical (unpaired) electrons. The van der Waals surface area contributed by atoms with Gasteiger partial charge in [-0.1, -0.05) is 6.07 Å². The highest BCUT2D eigenvalue weighted by Crippen LogP contribution is 2.24. The standard InChI is InChI=1S/C12H14N4O2/c1-9-2-3-11(16(17)18)10(8-9)13-5-4-12-14-6-7-15-12/h2-3,6-8,13H,4-5H2,1H3,(H,14,15). The van der Waals surface area contributed by atoms with Crippen LogP contribution in [0, 0.1) is 17.0 Å². The second kappa shape index (κ2) is 5.31.